The summed E-state index contributed by atoms with van der Waals surface area (Å²) in [6, 6.07) is 0. The van der Waals surface area contributed by atoms with Gasteiger partial charge in [-0.05, 0) is 12.8 Å². The molecule has 1 fully saturated rings. The van der Waals surface area contributed by atoms with Crippen LogP contribution in [0.5, 0.6) is 0 Å². The molecule has 1 rings (SSSR count). The number of sulfonamides is 1. The predicted molar refractivity (Wildman–Crippen MR) is 53.7 cm³/mol. The van der Waals surface area contributed by atoms with Crippen molar-refractivity contribution >= 4 is 15.9 Å². The van der Waals surface area contributed by atoms with Crippen molar-refractivity contribution in [3.8, 4) is 0 Å². The van der Waals surface area contributed by atoms with Gasteiger partial charge in [-0.1, -0.05) is 19.3 Å². The van der Waals surface area contributed by atoms with Gasteiger partial charge >= 0.3 is 0 Å². The fourth-order valence-corrected chi connectivity index (χ4v) is 3.22. The first-order chi connectivity index (χ1) is 7.06. The average Bonchev–Trinajstić information content (AvgIpc) is 2.27. The van der Waals surface area contributed by atoms with E-state index in [4.69, 9.17) is 5.21 Å². The molecule has 0 radical (unpaired) electrons. The summed E-state index contributed by atoms with van der Waals surface area (Å²) in [5, 5.41) is 7.82. The lowest BCUT2D eigenvalue weighted by Gasteiger charge is -2.21. The van der Waals surface area contributed by atoms with Gasteiger partial charge in [0.25, 0.3) is 5.91 Å². The Balaban J connectivity index is 2.46. The van der Waals surface area contributed by atoms with Crippen LogP contribution < -0.4 is 10.2 Å². The van der Waals surface area contributed by atoms with E-state index in [9.17, 15) is 13.2 Å². The van der Waals surface area contributed by atoms with Gasteiger partial charge in [-0.25, -0.2) is 18.6 Å². The standard InChI is InChI=1S/C8H16N2O4S/c11-8(10-12)6-9-15(13,14)7-4-2-1-3-5-7/h7,9,12H,1-6H2,(H,10,11). The highest BCUT2D eigenvalue weighted by Gasteiger charge is 2.27. The maximum atomic E-state index is 11.6. The van der Waals surface area contributed by atoms with Gasteiger partial charge < -0.3 is 0 Å². The summed E-state index contributed by atoms with van der Waals surface area (Å²) >= 11 is 0. The van der Waals surface area contributed by atoms with Crippen LogP contribution in [0.2, 0.25) is 0 Å². The first-order valence-electron chi connectivity index (χ1n) is 4.97. The Kier molecular flexibility index (Phi) is 4.49. The molecule has 88 valence electrons. The van der Waals surface area contributed by atoms with Crippen LogP contribution in [-0.2, 0) is 14.8 Å². The molecule has 0 aromatic carbocycles. The van der Waals surface area contributed by atoms with Gasteiger partial charge in [0.1, 0.15) is 0 Å². The second kappa shape index (κ2) is 5.43. The summed E-state index contributed by atoms with van der Waals surface area (Å²) in [6.07, 6.45) is 4.20. The molecule has 1 aliphatic rings. The summed E-state index contributed by atoms with van der Waals surface area (Å²) in [7, 11) is -3.41. The smallest absolute Gasteiger partial charge is 0.258 e. The van der Waals surface area contributed by atoms with Crippen molar-refractivity contribution < 1.29 is 18.4 Å². The molecule has 15 heavy (non-hydrogen) atoms. The second-order valence-corrected chi connectivity index (χ2v) is 5.71. The zero-order chi connectivity index (χ0) is 11.3. The van der Waals surface area contributed by atoms with E-state index in [1.54, 1.807) is 0 Å². The number of nitrogens with one attached hydrogen (secondary N) is 2. The quantitative estimate of drug-likeness (QED) is 0.463. The number of hydroxylamine groups is 1. The minimum absolute atomic E-state index is 0.391. The van der Waals surface area contributed by atoms with Crippen LogP contribution in [0.15, 0.2) is 0 Å². The minimum Gasteiger partial charge on any atom is -0.289 e. The van der Waals surface area contributed by atoms with E-state index in [1.165, 1.54) is 5.48 Å². The van der Waals surface area contributed by atoms with Crippen LogP contribution in [0.25, 0.3) is 0 Å². The number of hydrogen-bond donors (Lipinski definition) is 3. The Morgan fingerprint density at radius 1 is 1.27 bits per heavy atom. The average molecular weight is 236 g/mol. The number of hydrogen-bond acceptors (Lipinski definition) is 4. The van der Waals surface area contributed by atoms with E-state index in [2.05, 4.69) is 4.72 Å². The van der Waals surface area contributed by atoms with Crippen LogP contribution in [0.3, 0.4) is 0 Å². The molecule has 7 heteroatoms. The second-order valence-electron chi connectivity index (χ2n) is 3.66. The third-order valence-corrected chi connectivity index (χ3v) is 4.45. The van der Waals surface area contributed by atoms with Gasteiger partial charge in [-0.2, -0.15) is 0 Å². The fraction of sp³-hybridized carbons (Fsp3) is 0.875. The third kappa shape index (κ3) is 3.77. The van der Waals surface area contributed by atoms with Crippen molar-refractivity contribution in [1.29, 1.82) is 0 Å². The van der Waals surface area contributed by atoms with E-state index in [0.29, 0.717) is 12.8 Å². The van der Waals surface area contributed by atoms with Crippen molar-refractivity contribution in [2.75, 3.05) is 6.54 Å². The molecule has 1 amide bonds. The Morgan fingerprint density at radius 3 is 2.40 bits per heavy atom. The summed E-state index contributed by atoms with van der Waals surface area (Å²) in [4.78, 5) is 10.7. The molecule has 0 atom stereocenters. The van der Waals surface area contributed by atoms with Crippen LogP contribution >= 0.6 is 0 Å². The maximum Gasteiger partial charge on any atom is 0.258 e. The molecule has 0 saturated heterocycles. The molecule has 0 aliphatic heterocycles. The lowest BCUT2D eigenvalue weighted by Crippen LogP contribution is -2.41. The molecule has 0 aromatic rings. The van der Waals surface area contributed by atoms with E-state index in [1.807, 2.05) is 0 Å². The third-order valence-electron chi connectivity index (χ3n) is 2.55. The molecule has 6 nitrogen and oxygen atoms in total. The van der Waals surface area contributed by atoms with Crippen LogP contribution in [0, 0.1) is 0 Å². The Bertz CT molecular complexity index is 309. The zero-order valence-electron chi connectivity index (χ0n) is 8.40. The SMILES string of the molecule is O=C(CNS(=O)(=O)C1CCCCC1)NO. The first kappa shape index (κ1) is 12.4. The highest BCUT2D eigenvalue weighted by Crippen LogP contribution is 2.22. The molecular weight excluding hydrogens is 220 g/mol. The molecule has 1 aliphatic carbocycles. The highest BCUT2D eigenvalue weighted by molar-refractivity contribution is 7.90. The Morgan fingerprint density at radius 2 is 1.87 bits per heavy atom. The van der Waals surface area contributed by atoms with E-state index >= 15 is 0 Å². The van der Waals surface area contributed by atoms with Gasteiger partial charge in [-0.15, -0.1) is 0 Å². The number of carbonyl (C=O) groups is 1. The van der Waals surface area contributed by atoms with Gasteiger partial charge in [-0.3, -0.25) is 10.0 Å². The van der Waals surface area contributed by atoms with E-state index in [0.717, 1.165) is 19.3 Å². The van der Waals surface area contributed by atoms with Gasteiger partial charge in [0.15, 0.2) is 0 Å². The summed E-state index contributed by atoms with van der Waals surface area (Å²) in [5.74, 6) is -0.755. The topological polar surface area (TPSA) is 95.5 Å². The highest BCUT2D eigenvalue weighted by atomic mass is 32.2. The monoisotopic (exact) mass is 236 g/mol. The number of rotatable bonds is 4. The largest absolute Gasteiger partial charge is 0.289 e. The van der Waals surface area contributed by atoms with Crippen molar-refractivity contribution in [2.24, 2.45) is 0 Å². The lowest BCUT2D eigenvalue weighted by molar-refractivity contribution is -0.127. The van der Waals surface area contributed by atoms with Crippen LogP contribution in [0.1, 0.15) is 32.1 Å². The van der Waals surface area contributed by atoms with Crippen LogP contribution in [0.4, 0.5) is 0 Å². The fourth-order valence-electron chi connectivity index (χ4n) is 1.70. The van der Waals surface area contributed by atoms with Gasteiger partial charge in [0.2, 0.25) is 10.0 Å². The lowest BCUT2D eigenvalue weighted by atomic mass is 10.0. The molecule has 1 saturated carbocycles. The normalized spacial score (nSPS) is 18.7. The van der Waals surface area contributed by atoms with E-state index < -0.39 is 27.7 Å². The first-order valence-corrected chi connectivity index (χ1v) is 6.52. The number of amides is 1. The summed E-state index contributed by atoms with van der Waals surface area (Å²) < 4.78 is 25.4. The molecule has 0 heterocycles. The molecule has 3 N–H and O–H groups in total. The van der Waals surface area contributed by atoms with Crippen molar-refractivity contribution in [3.05, 3.63) is 0 Å². The Hall–Kier alpha value is -0.660. The molecule has 0 spiro atoms. The minimum atomic E-state index is -3.41. The molecule has 0 unspecified atom stereocenters. The predicted octanol–water partition coefficient (Wildman–Crippen LogP) is -0.256. The van der Waals surface area contributed by atoms with Crippen molar-refractivity contribution in [2.45, 2.75) is 37.4 Å². The number of carbonyl (C=O) groups excluding carboxylic acids is 1. The molecule has 0 aromatic heterocycles. The Labute approximate surface area is 89.1 Å². The van der Waals surface area contributed by atoms with Gasteiger partial charge in [0, 0.05) is 0 Å². The van der Waals surface area contributed by atoms with Crippen LogP contribution in [-0.4, -0.2) is 31.3 Å². The zero-order valence-corrected chi connectivity index (χ0v) is 9.22. The van der Waals surface area contributed by atoms with Crippen molar-refractivity contribution in [3.63, 3.8) is 0 Å². The molecule has 0 bridgehead atoms. The summed E-state index contributed by atoms with van der Waals surface area (Å²) in [5.41, 5.74) is 1.37. The maximum absolute atomic E-state index is 11.6. The van der Waals surface area contributed by atoms with Crippen molar-refractivity contribution in [1.82, 2.24) is 10.2 Å². The summed E-state index contributed by atoms with van der Waals surface area (Å²) in [6.45, 7) is -0.407. The van der Waals surface area contributed by atoms with Gasteiger partial charge in [0.05, 0.1) is 11.8 Å². The van der Waals surface area contributed by atoms with E-state index in [-0.39, 0.29) is 0 Å². The molecular formula is C8H16N2O4S.